The Labute approximate surface area is 181 Å². The van der Waals surface area contributed by atoms with Crippen LogP contribution in [0.4, 0.5) is 0 Å². The predicted octanol–water partition coefficient (Wildman–Crippen LogP) is 2.17. The van der Waals surface area contributed by atoms with Crippen molar-refractivity contribution in [2.24, 2.45) is 0 Å². The summed E-state index contributed by atoms with van der Waals surface area (Å²) < 4.78 is 5.48. The van der Waals surface area contributed by atoms with E-state index in [1.807, 2.05) is 0 Å². The third-order valence-electron chi connectivity index (χ3n) is 7.81. The van der Waals surface area contributed by atoms with Gasteiger partial charge in [0.25, 0.3) is 0 Å². The quantitative estimate of drug-likeness (QED) is 0.800. The van der Waals surface area contributed by atoms with E-state index in [-0.39, 0.29) is 11.9 Å². The van der Waals surface area contributed by atoms with Gasteiger partial charge in [0.1, 0.15) is 11.8 Å². The number of hydrogen-bond donors (Lipinski definition) is 1. The van der Waals surface area contributed by atoms with Crippen LogP contribution in [0.5, 0.6) is 5.75 Å². The Morgan fingerprint density at radius 2 is 1.80 bits per heavy atom. The van der Waals surface area contributed by atoms with Crippen LogP contribution in [0.2, 0.25) is 0 Å². The Balaban J connectivity index is 1.38. The first-order chi connectivity index (χ1) is 14.4. The molecule has 6 nitrogen and oxygen atoms in total. The molecule has 1 aromatic rings. The summed E-state index contributed by atoms with van der Waals surface area (Å²) in [5.74, 6) is 1.18. The predicted molar refractivity (Wildman–Crippen MR) is 120 cm³/mol. The molecule has 0 spiro atoms. The summed E-state index contributed by atoms with van der Waals surface area (Å²) in [7, 11) is 5.92. The number of nitrogens with zero attached hydrogens (tertiary/aromatic N) is 3. The molecule has 3 saturated heterocycles. The first-order valence-electron chi connectivity index (χ1n) is 11.4. The molecule has 4 rings (SSSR count). The molecule has 3 aliphatic rings. The van der Waals surface area contributed by atoms with E-state index in [1.165, 1.54) is 29.5 Å². The molecule has 1 amide bonds. The van der Waals surface area contributed by atoms with Crippen LogP contribution in [-0.2, 0) is 11.3 Å². The normalized spacial score (nSPS) is 30.4. The average Bonchev–Trinajstić information content (AvgIpc) is 2.95. The van der Waals surface area contributed by atoms with Crippen LogP contribution in [0.1, 0.15) is 42.4 Å². The summed E-state index contributed by atoms with van der Waals surface area (Å²) >= 11 is 0. The van der Waals surface area contributed by atoms with Crippen molar-refractivity contribution in [2.75, 3.05) is 40.8 Å². The van der Waals surface area contributed by atoms with Crippen LogP contribution in [0, 0.1) is 13.8 Å². The zero-order chi connectivity index (χ0) is 21.4. The highest BCUT2D eigenvalue weighted by molar-refractivity contribution is 5.82. The van der Waals surface area contributed by atoms with E-state index in [1.54, 1.807) is 7.11 Å². The number of fused-ring (bicyclic) bond motifs is 2. The van der Waals surface area contributed by atoms with Crippen molar-refractivity contribution in [3.63, 3.8) is 0 Å². The Hall–Kier alpha value is -1.63. The molecule has 2 bridgehead atoms. The van der Waals surface area contributed by atoms with Crippen molar-refractivity contribution in [3.05, 3.63) is 28.8 Å². The summed E-state index contributed by atoms with van der Waals surface area (Å²) in [5.41, 5.74) is 3.99. The second-order valence-electron chi connectivity index (χ2n) is 9.67. The Morgan fingerprint density at radius 3 is 2.47 bits per heavy atom. The largest absolute Gasteiger partial charge is 0.496 e. The van der Waals surface area contributed by atoms with Gasteiger partial charge >= 0.3 is 0 Å². The molecule has 166 valence electrons. The first-order valence-corrected chi connectivity index (χ1v) is 11.4. The molecule has 3 heterocycles. The topological polar surface area (TPSA) is 48.1 Å². The van der Waals surface area contributed by atoms with E-state index < -0.39 is 0 Å². The van der Waals surface area contributed by atoms with Crippen LogP contribution in [-0.4, -0.2) is 85.6 Å². The van der Waals surface area contributed by atoms with Gasteiger partial charge in [0.2, 0.25) is 5.91 Å². The number of benzene rings is 1. The average molecular weight is 415 g/mol. The minimum atomic E-state index is -0.0237. The third kappa shape index (κ3) is 4.23. The lowest BCUT2D eigenvalue weighted by molar-refractivity contribution is -0.129. The standard InChI is InChI=1S/C24H38N4O2/c1-16-17(2)23(30-5)9-6-18(16)14-28-20-7-8-21(28)13-19(12-20)25-24(29)22-15-26(3)10-11-27(22)4/h6,9,19-22H,7-8,10-15H2,1-5H3,(H,25,29). The highest BCUT2D eigenvalue weighted by atomic mass is 16.5. The van der Waals surface area contributed by atoms with Crippen LogP contribution in [0.25, 0.3) is 0 Å². The summed E-state index contributed by atoms with van der Waals surface area (Å²) in [5, 5.41) is 3.41. The van der Waals surface area contributed by atoms with E-state index in [0.29, 0.717) is 18.1 Å². The molecule has 0 saturated carbocycles. The van der Waals surface area contributed by atoms with Gasteiger partial charge in [-0.1, -0.05) is 6.07 Å². The molecule has 3 atom stereocenters. The van der Waals surface area contributed by atoms with Crippen molar-refractivity contribution in [3.8, 4) is 5.75 Å². The van der Waals surface area contributed by atoms with E-state index >= 15 is 0 Å². The molecule has 1 N–H and O–H groups in total. The van der Waals surface area contributed by atoms with Gasteiger partial charge in [0.05, 0.1) is 7.11 Å². The van der Waals surface area contributed by atoms with Crippen LogP contribution < -0.4 is 10.1 Å². The number of amides is 1. The molecule has 3 aliphatic heterocycles. The number of carbonyl (C=O) groups is 1. The maximum absolute atomic E-state index is 13.0. The fraction of sp³-hybridized carbons (Fsp3) is 0.708. The fourth-order valence-electron chi connectivity index (χ4n) is 5.68. The second-order valence-corrected chi connectivity index (χ2v) is 9.67. The zero-order valence-corrected chi connectivity index (χ0v) is 19.3. The van der Waals surface area contributed by atoms with Crippen molar-refractivity contribution in [1.29, 1.82) is 0 Å². The Morgan fingerprint density at radius 1 is 1.10 bits per heavy atom. The molecule has 6 heteroatoms. The lowest BCUT2D eigenvalue weighted by atomic mass is 9.94. The summed E-state index contributed by atoms with van der Waals surface area (Å²) in [4.78, 5) is 20.1. The van der Waals surface area contributed by atoms with Gasteiger partial charge in [0, 0.05) is 44.3 Å². The third-order valence-corrected chi connectivity index (χ3v) is 7.81. The van der Waals surface area contributed by atoms with Crippen LogP contribution in [0.15, 0.2) is 12.1 Å². The minimum absolute atomic E-state index is 0.0237. The molecule has 30 heavy (non-hydrogen) atoms. The zero-order valence-electron chi connectivity index (χ0n) is 19.3. The van der Waals surface area contributed by atoms with Crippen molar-refractivity contribution >= 4 is 5.91 Å². The highest BCUT2D eigenvalue weighted by Gasteiger charge is 2.42. The lowest BCUT2D eigenvalue weighted by Gasteiger charge is -2.41. The molecule has 0 aromatic heterocycles. The molecule has 0 aliphatic carbocycles. The number of piperazine rings is 1. The molecule has 3 unspecified atom stereocenters. The molecule has 3 fully saturated rings. The van der Waals surface area contributed by atoms with Gasteiger partial charge in [-0.05, 0) is 76.4 Å². The van der Waals surface area contributed by atoms with Crippen LogP contribution >= 0.6 is 0 Å². The van der Waals surface area contributed by atoms with Crippen molar-refractivity contribution in [1.82, 2.24) is 20.0 Å². The van der Waals surface area contributed by atoms with Gasteiger partial charge in [-0.2, -0.15) is 0 Å². The molecular weight excluding hydrogens is 376 g/mol. The number of hydrogen-bond acceptors (Lipinski definition) is 5. The molecule has 0 radical (unpaired) electrons. The van der Waals surface area contributed by atoms with E-state index in [4.69, 9.17) is 4.74 Å². The van der Waals surface area contributed by atoms with Crippen molar-refractivity contribution < 1.29 is 9.53 Å². The van der Waals surface area contributed by atoms with Gasteiger partial charge in [-0.25, -0.2) is 0 Å². The molecule has 1 aromatic carbocycles. The number of rotatable bonds is 5. The highest BCUT2D eigenvalue weighted by Crippen LogP contribution is 2.38. The maximum Gasteiger partial charge on any atom is 0.238 e. The van der Waals surface area contributed by atoms with Gasteiger partial charge < -0.3 is 15.0 Å². The lowest BCUT2D eigenvalue weighted by Crippen LogP contribution is -2.59. The SMILES string of the molecule is COc1ccc(CN2C3CCC2CC(NC(=O)C2CN(C)CCN2C)C3)c(C)c1C. The van der Waals surface area contributed by atoms with E-state index in [2.05, 4.69) is 60.1 Å². The fourth-order valence-corrected chi connectivity index (χ4v) is 5.68. The van der Waals surface area contributed by atoms with Crippen LogP contribution in [0.3, 0.4) is 0 Å². The van der Waals surface area contributed by atoms with Gasteiger partial charge in [-0.3, -0.25) is 14.6 Å². The summed E-state index contributed by atoms with van der Waals surface area (Å²) in [6, 6.07) is 5.76. The summed E-state index contributed by atoms with van der Waals surface area (Å²) in [6.45, 7) is 8.17. The number of piperidine rings is 1. The Bertz CT molecular complexity index is 769. The van der Waals surface area contributed by atoms with Crippen molar-refractivity contribution in [2.45, 2.75) is 70.2 Å². The van der Waals surface area contributed by atoms with E-state index in [9.17, 15) is 4.79 Å². The first kappa shape index (κ1) is 21.6. The van der Waals surface area contributed by atoms with Gasteiger partial charge in [-0.15, -0.1) is 0 Å². The number of carbonyl (C=O) groups excluding carboxylic acids is 1. The smallest absolute Gasteiger partial charge is 0.238 e. The number of ether oxygens (including phenoxy) is 1. The van der Waals surface area contributed by atoms with Gasteiger partial charge in [0.15, 0.2) is 0 Å². The minimum Gasteiger partial charge on any atom is -0.496 e. The monoisotopic (exact) mass is 414 g/mol. The summed E-state index contributed by atoms with van der Waals surface area (Å²) in [6.07, 6.45) is 4.64. The van der Waals surface area contributed by atoms with E-state index in [0.717, 1.165) is 44.8 Å². The molecular formula is C24H38N4O2. The maximum atomic E-state index is 13.0. The second kappa shape index (κ2) is 8.85. The number of nitrogens with one attached hydrogen (secondary N) is 1. The number of methoxy groups -OCH3 is 1. The Kier molecular flexibility index (Phi) is 6.37. The number of likely N-dealkylation sites (N-methyl/N-ethyl adjacent to an activating group) is 2.